The van der Waals surface area contributed by atoms with Crippen LogP contribution in [0.5, 0.6) is 0 Å². The Balaban J connectivity index is 1.84. The van der Waals surface area contributed by atoms with Gasteiger partial charge in [0, 0.05) is 31.0 Å². The molecule has 0 atom stereocenters. The second-order valence-electron chi connectivity index (χ2n) is 3.83. The number of nitrogens with one attached hydrogen (secondary N) is 1. The Kier molecular flexibility index (Phi) is 2.98. The molecule has 1 saturated heterocycles. The molecule has 0 aromatic carbocycles. The summed E-state index contributed by atoms with van der Waals surface area (Å²) in [5.74, 6) is 0.979. The molecule has 4 nitrogen and oxygen atoms in total. The fourth-order valence-electron chi connectivity index (χ4n) is 1.60. The number of likely N-dealkylation sites (N-methyl/N-ethyl adjacent to an activating group) is 1. The molecule has 0 bridgehead atoms. The summed E-state index contributed by atoms with van der Waals surface area (Å²) in [5.41, 5.74) is 0. The topological polar surface area (TPSA) is 41.1 Å². The molecule has 0 amide bonds. The fraction of sp³-hybridized carbons (Fsp3) is 0.778. The van der Waals surface area contributed by atoms with Crippen molar-refractivity contribution in [3.63, 3.8) is 0 Å². The van der Waals surface area contributed by atoms with Crippen LogP contribution in [0.4, 0.5) is 5.13 Å². The van der Waals surface area contributed by atoms with Gasteiger partial charge in [-0.3, -0.25) is 0 Å². The van der Waals surface area contributed by atoms with Crippen molar-refractivity contribution in [1.82, 2.24) is 14.3 Å². The van der Waals surface area contributed by atoms with Gasteiger partial charge in [0.1, 0.15) is 5.82 Å². The van der Waals surface area contributed by atoms with E-state index in [0.717, 1.165) is 36.9 Å². The van der Waals surface area contributed by atoms with Crippen molar-refractivity contribution in [2.75, 3.05) is 25.5 Å². The average molecular weight is 212 g/mol. The van der Waals surface area contributed by atoms with Gasteiger partial charge in [-0.1, -0.05) is 6.92 Å². The molecule has 0 saturated carbocycles. The number of aryl methyl sites for hydroxylation is 1. The molecule has 0 spiro atoms. The minimum Gasteiger partial charge on any atom is -0.355 e. The molecule has 2 rings (SSSR count). The van der Waals surface area contributed by atoms with Gasteiger partial charge in [-0.2, -0.15) is 4.37 Å². The summed E-state index contributed by atoms with van der Waals surface area (Å²) in [5, 5.41) is 4.37. The predicted octanol–water partition coefficient (Wildman–Crippen LogP) is 1.22. The van der Waals surface area contributed by atoms with E-state index in [1.807, 2.05) is 0 Å². The maximum absolute atomic E-state index is 4.42. The normalized spacial score (nSPS) is 18.1. The van der Waals surface area contributed by atoms with Crippen LogP contribution in [0.3, 0.4) is 0 Å². The van der Waals surface area contributed by atoms with Gasteiger partial charge < -0.3 is 10.2 Å². The third-order valence-corrected chi connectivity index (χ3v) is 3.02. The highest BCUT2D eigenvalue weighted by atomic mass is 32.1. The largest absolute Gasteiger partial charge is 0.355 e. The summed E-state index contributed by atoms with van der Waals surface area (Å²) >= 11 is 1.48. The highest BCUT2D eigenvalue weighted by Crippen LogP contribution is 2.16. The lowest BCUT2D eigenvalue weighted by atomic mass is 10.1. The predicted molar refractivity (Wildman–Crippen MR) is 58.8 cm³/mol. The van der Waals surface area contributed by atoms with E-state index < -0.39 is 0 Å². The highest BCUT2D eigenvalue weighted by molar-refractivity contribution is 7.09. The minimum absolute atomic E-state index is 0.572. The van der Waals surface area contributed by atoms with Crippen molar-refractivity contribution in [2.24, 2.45) is 0 Å². The van der Waals surface area contributed by atoms with Crippen LogP contribution in [0.2, 0.25) is 0 Å². The van der Waals surface area contributed by atoms with Crippen LogP contribution in [-0.2, 0) is 6.42 Å². The van der Waals surface area contributed by atoms with E-state index in [4.69, 9.17) is 0 Å². The van der Waals surface area contributed by atoms with Gasteiger partial charge >= 0.3 is 0 Å². The minimum atomic E-state index is 0.572. The Morgan fingerprint density at radius 1 is 1.57 bits per heavy atom. The molecule has 1 aliphatic heterocycles. The van der Waals surface area contributed by atoms with Crippen molar-refractivity contribution in [3.8, 4) is 0 Å². The molecule has 1 aliphatic rings. The van der Waals surface area contributed by atoms with Gasteiger partial charge in [0.05, 0.1) is 6.04 Å². The molecule has 1 N–H and O–H groups in total. The highest BCUT2D eigenvalue weighted by Gasteiger charge is 2.23. The SMILES string of the molecule is CCCc1nsc(NC2CN(C)C2)n1. The molecular formula is C9H16N4S. The van der Waals surface area contributed by atoms with Crippen molar-refractivity contribution in [1.29, 1.82) is 0 Å². The lowest BCUT2D eigenvalue weighted by molar-refractivity contribution is 0.205. The number of hydrogen-bond acceptors (Lipinski definition) is 5. The molecule has 1 fully saturated rings. The Hall–Kier alpha value is -0.680. The first-order chi connectivity index (χ1) is 6.78. The van der Waals surface area contributed by atoms with Crippen molar-refractivity contribution in [3.05, 3.63) is 5.82 Å². The molecule has 1 aromatic rings. The van der Waals surface area contributed by atoms with Gasteiger partial charge in [-0.05, 0) is 13.5 Å². The van der Waals surface area contributed by atoms with Crippen LogP contribution in [0.15, 0.2) is 0 Å². The Bertz CT molecular complexity index is 293. The zero-order valence-corrected chi connectivity index (χ0v) is 9.47. The number of nitrogens with zero attached hydrogens (tertiary/aromatic N) is 3. The molecule has 14 heavy (non-hydrogen) atoms. The summed E-state index contributed by atoms with van der Waals surface area (Å²) in [7, 11) is 2.13. The van der Waals surface area contributed by atoms with Crippen LogP contribution in [0.1, 0.15) is 19.2 Å². The lowest BCUT2D eigenvalue weighted by Crippen LogP contribution is -2.52. The number of rotatable bonds is 4. The summed E-state index contributed by atoms with van der Waals surface area (Å²) in [6.07, 6.45) is 2.10. The maximum atomic E-state index is 4.42. The van der Waals surface area contributed by atoms with Crippen LogP contribution < -0.4 is 5.32 Å². The first kappa shape index (κ1) is 9.86. The Morgan fingerprint density at radius 2 is 2.36 bits per heavy atom. The molecule has 78 valence electrons. The van der Waals surface area contributed by atoms with E-state index in [0.29, 0.717) is 6.04 Å². The molecule has 2 heterocycles. The van der Waals surface area contributed by atoms with Crippen LogP contribution in [0.25, 0.3) is 0 Å². The summed E-state index contributed by atoms with van der Waals surface area (Å²) in [4.78, 5) is 6.71. The van der Waals surface area contributed by atoms with E-state index in [1.165, 1.54) is 11.5 Å². The third kappa shape index (κ3) is 2.22. The number of aromatic nitrogens is 2. The molecular weight excluding hydrogens is 196 g/mol. The number of anilines is 1. The van der Waals surface area contributed by atoms with Crippen molar-refractivity contribution >= 4 is 16.7 Å². The van der Waals surface area contributed by atoms with Gasteiger partial charge in [0.15, 0.2) is 0 Å². The van der Waals surface area contributed by atoms with Crippen LogP contribution in [0, 0.1) is 0 Å². The standard InChI is InChI=1S/C9H16N4S/c1-3-4-8-11-9(14-12-8)10-7-5-13(2)6-7/h7H,3-6H2,1-2H3,(H,10,11,12). The van der Waals surface area contributed by atoms with Crippen LogP contribution >= 0.6 is 11.5 Å². The van der Waals surface area contributed by atoms with Crippen molar-refractivity contribution < 1.29 is 0 Å². The Labute approximate surface area is 88.5 Å². The Morgan fingerprint density at radius 3 is 3.00 bits per heavy atom. The first-order valence-electron chi connectivity index (χ1n) is 5.05. The zero-order valence-electron chi connectivity index (χ0n) is 8.66. The molecule has 0 radical (unpaired) electrons. The molecule has 1 aromatic heterocycles. The summed E-state index contributed by atoms with van der Waals surface area (Å²) in [6, 6.07) is 0.572. The van der Waals surface area contributed by atoms with E-state index >= 15 is 0 Å². The van der Waals surface area contributed by atoms with Gasteiger partial charge in [-0.25, -0.2) is 4.98 Å². The van der Waals surface area contributed by atoms with E-state index in [9.17, 15) is 0 Å². The third-order valence-electron chi connectivity index (χ3n) is 2.33. The average Bonchev–Trinajstić information content (AvgIpc) is 2.51. The maximum Gasteiger partial charge on any atom is 0.202 e. The molecule has 5 heteroatoms. The number of hydrogen-bond donors (Lipinski definition) is 1. The second kappa shape index (κ2) is 4.23. The first-order valence-corrected chi connectivity index (χ1v) is 5.83. The second-order valence-corrected chi connectivity index (χ2v) is 4.58. The number of likely N-dealkylation sites (tertiary alicyclic amines) is 1. The zero-order chi connectivity index (χ0) is 9.97. The van der Waals surface area contributed by atoms with Crippen molar-refractivity contribution in [2.45, 2.75) is 25.8 Å². The summed E-state index contributed by atoms with van der Waals surface area (Å²) in [6.45, 7) is 4.38. The van der Waals surface area contributed by atoms with E-state index in [1.54, 1.807) is 0 Å². The lowest BCUT2D eigenvalue weighted by Gasteiger charge is -2.36. The smallest absolute Gasteiger partial charge is 0.202 e. The van der Waals surface area contributed by atoms with Crippen LogP contribution in [-0.4, -0.2) is 40.4 Å². The van der Waals surface area contributed by atoms with Gasteiger partial charge in [0.2, 0.25) is 5.13 Å². The monoisotopic (exact) mass is 212 g/mol. The fourth-order valence-corrected chi connectivity index (χ4v) is 2.29. The van der Waals surface area contributed by atoms with E-state index in [-0.39, 0.29) is 0 Å². The van der Waals surface area contributed by atoms with Gasteiger partial charge in [0.25, 0.3) is 0 Å². The molecule has 0 aliphatic carbocycles. The molecule has 0 unspecified atom stereocenters. The van der Waals surface area contributed by atoms with Gasteiger partial charge in [-0.15, -0.1) is 0 Å². The summed E-state index contributed by atoms with van der Waals surface area (Å²) < 4.78 is 4.29. The quantitative estimate of drug-likeness (QED) is 0.814. The van der Waals surface area contributed by atoms with E-state index in [2.05, 4.69) is 33.5 Å².